The molecule has 16 rings (SSSR count). The van der Waals surface area contributed by atoms with Gasteiger partial charge in [0.1, 0.15) is 36.6 Å². The van der Waals surface area contributed by atoms with Crippen LogP contribution in [-0.4, -0.2) is 214 Å². The summed E-state index contributed by atoms with van der Waals surface area (Å²) in [7, 11) is 0. The first-order chi connectivity index (χ1) is 38.8. The van der Waals surface area contributed by atoms with Crippen molar-refractivity contribution < 1.29 is 101 Å². The van der Waals surface area contributed by atoms with Gasteiger partial charge in [-0.25, -0.2) is 0 Å². The molecule has 16 fully saturated rings. The third-order valence-corrected chi connectivity index (χ3v) is 22.2. The van der Waals surface area contributed by atoms with Crippen LogP contribution in [0.15, 0.2) is 24.3 Å². The van der Waals surface area contributed by atoms with Gasteiger partial charge in [0.25, 0.3) is 0 Å². The number of fused-ring (bicyclic) bond motifs is 10. The zero-order valence-corrected chi connectivity index (χ0v) is 47.2. The molecule has 452 valence electrons. The Bertz CT molecular complexity index is 2430. The highest BCUT2D eigenvalue weighted by Crippen LogP contribution is 2.60. The van der Waals surface area contributed by atoms with Crippen molar-refractivity contribution in [3.63, 3.8) is 0 Å². The molecule has 12 bridgehead atoms. The molecule has 16 aliphatic rings. The largest absolute Gasteiger partial charge is 0.459 e. The van der Waals surface area contributed by atoms with Gasteiger partial charge in [0, 0.05) is 63.7 Å². The van der Waals surface area contributed by atoms with Crippen LogP contribution in [0.25, 0.3) is 0 Å². The minimum atomic E-state index is -2.03. The Labute approximate surface area is 473 Å². The fraction of sp³-hybridized carbons (Fsp3) is 0.917. The van der Waals surface area contributed by atoms with Crippen LogP contribution in [-0.2, 0) is 75.8 Å². The lowest BCUT2D eigenvalue weighted by Gasteiger charge is -2.50. The van der Waals surface area contributed by atoms with E-state index < -0.39 is 121 Å². The molecule has 0 aromatic carbocycles. The highest BCUT2D eigenvalue weighted by molar-refractivity contribution is 5.70. The van der Waals surface area contributed by atoms with Gasteiger partial charge in [-0.05, 0) is 73.8 Å². The molecule has 81 heavy (non-hydrogen) atoms. The van der Waals surface area contributed by atoms with E-state index in [0.717, 1.165) is 24.0 Å². The quantitative estimate of drug-likeness (QED) is 0.200. The smallest absolute Gasteiger partial charge is 0.308 e. The summed E-state index contributed by atoms with van der Waals surface area (Å²) in [5, 5.41) is 54.2. The number of ether oxygens (including phenoxy) is 15. The highest BCUT2D eigenvalue weighted by atomic mass is 16.8. The van der Waals surface area contributed by atoms with Crippen molar-refractivity contribution in [3.05, 3.63) is 24.3 Å². The van der Waals surface area contributed by atoms with Crippen LogP contribution in [0.5, 0.6) is 0 Å². The van der Waals surface area contributed by atoms with Gasteiger partial charge in [0.15, 0.2) is 17.7 Å². The van der Waals surface area contributed by atoms with Crippen LogP contribution in [0, 0.1) is 23.7 Å². The van der Waals surface area contributed by atoms with Crippen LogP contribution in [0.2, 0.25) is 0 Å². The zero-order valence-electron chi connectivity index (χ0n) is 47.2. The molecule has 0 aromatic heterocycles. The molecule has 3 unspecified atom stereocenters. The van der Waals surface area contributed by atoms with E-state index in [-0.39, 0.29) is 110 Å². The zero-order chi connectivity index (χ0) is 55.8. The average molecular weight is 1140 g/mol. The molecule has 3 spiro atoms. The molecular weight excluding hydrogens is 1060 g/mol. The summed E-state index contributed by atoms with van der Waals surface area (Å²) in [4.78, 5) is 14.6. The Hall–Kier alpha value is -1.81. The number of esters is 1. The van der Waals surface area contributed by atoms with E-state index in [2.05, 4.69) is 40.9 Å². The van der Waals surface area contributed by atoms with Gasteiger partial charge in [0.2, 0.25) is 11.6 Å². The van der Waals surface area contributed by atoms with E-state index in [1.807, 2.05) is 0 Å². The normalized spacial score (nSPS) is 57.9. The van der Waals surface area contributed by atoms with Gasteiger partial charge in [-0.15, -0.1) is 0 Å². The van der Waals surface area contributed by atoms with Gasteiger partial charge in [-0.3, -0.25) is 4.79 Å². The Morgan fingerprint density at radius 3 is 2.10 bits per heavy atom. The summed E-state index contributed by atoms with van der Waals surface area (Å²) in [5.41, 5.74) is 1.99. The van der Waals surface area contributed by atoms with Gasteiger partial charge in [-0.1, -0.05) is 40.9 Å². The molecule has 0 amide bonds. The van der Waals surface area contributed by atoms with Gasteiger partial charge < -0.3 is 96.6 Å². The van der Waals surface area contributed by atoms with Gasteiger partial charge in [-0.2, -0.15) is 0 Å². The van der Waals surface area contributed by atoms with E-state index in [4.69, 9.17) is 71.1 Å². The van der Waals surface area contributed by atoms with Crippen molar-refractivity contribution in [3.8, 4) is 0 Å². The maximum atomic E-state index is 14.6. The number of aliphatic hydroxyl groups excluding tert-OH is 4. The summed E-state index contributed by atoms with van der Waals surface area (Å²) in [5.74, 6) is -5.84. The van der Waals surface area contributed by atoms with Gasteiger partial charge in [0.05, 0.1) is 123 Å². The van der Waals surface area contributed by atoms with E-state index in [1.54, 1.807) is 0 Å². The maximum Gasteiger partial charge on any atom is 0.308 e. The number of hydrogen-bond acceptors (Lipinski definition) is 21. The Morgan fingerprint density at radius 2 is 1.27 bits per heavy atom. The molecule has 0 saturated carbocycles. The van der Waals surface area contributed by atoms with Crippen molar-refractivity contribution in [1.82, 2.24) is 0 Å². The first-order valence-corrected chi connectivity index (χ1v) is 31.0. The Kier molecular flexibility index (Phi) is 14.0. The summed E-state index contributed by atoms with van der Waals surface area (Å²) in [6, 6.07) is 0. The summed E-state index contributed by atoms with van der Waals surface area (Å²) < 4.78 is 102. The molecule has 0 aromatic rings. The molecule has 16 saturated heterocycles. The lowest BCUT2D eigenvalue weighted by Crippen LogP contribution is -2.63. The molecule has 0 radical (unpaired) electrons. The fourth-order valence-corrected chi connectivity index (χ4v) is 18.2. The van der Waals surface area contributed by atoms with Crippen LogP contribution in [0.3, 0.4) is 0 Å². The molecule has 5 N–H and O–H groups in total. The van der Waals surface area contributed by atoms with Crippen molar-refractivity contribution in [1.29, 1.82) is 0 Å². The fourth-order valence-electron chi connectivity index (χ4n) is 18.2. The highest BCUT2D eigenvalue weighted by Gasteiger charge is 2.79. The molecule has 16 heterocycles. The van der Waals surface area contributed by atoms with Crippen molar-refractivity contribution in [2.45, 2.75) is 313 Å². The van der Waals surface area contributed by atoms with Crippen LogP contribution >= 0.6 is 0 Å². The van der Waals surface area contributed by atoms with E-state index in [0.29, 0.717) is 77.0 Å². The molecular formula is C60H86O21. The monoisotopic (exact) mass is 1140 g/mol. The SMILES string of the molecule is C=C1C[C@@H]2CC[C@]34OC5C6O[C@H]7CC[C@H](CC(=O)O[C@@H]8[C@@H](C)[C@@H]9O[C@@H]%10C[C@@]%11(C[C@@H]%12O[C@]%13(C[C@H](C)[C@@H]%14O[C@H]([C@@H](O)C[C@@H](O)CO)C[C@@H]%14O%13)C[C@H](C)[C@@H]%12O%11)O[C@@H]%10C[C@@H]9O[C@H]8C[C@H]8O[C@@H](CC[C@@H]1O2)C[C@@H](C)C8=C)O[C@@H]7[C@H](O3)C6O[C@@]5(O)[C@H]4O. The van der Waals surface area contributed by atoms with E-state index in [1.165, 1.54) is 0 Å². The second-order valence-corrected chi connectivity index (χ2v) is 27.8. The summed E-state index contributed by atoms with van der Waals surface area (Å²) >= 11 is 0. The average Bonchev–Trinajstić information content (AvgIpc) is 4.41. The summed E-state index contributed by atoms with van der Waals surface area (Å²) in [6.45, 7) is 17.2. The van der Waals surface area contributed by atoms with Crippen molar-refractivity contribution in [2.24, 2.45) is 23.7 Å². The number of rotatable bonds is 4. The second kappa shape index (κ2) is 20.4. The van der Waals surface area contributed by atoms with Gasteiger partial charge >= 0.3 is 5.97 Å². The number of hydrogen-bond donors (Lipinski definition) is 5. The predicted molar refractivity (Wildman–Crippen MR) is 276 cm³/mol. The van der Waals surface area contributed by atoms with Crippen molar-refractivity contribution in [2.75, 3.05) is 6.61 Å². The van der Waals surface area contributed by atoms with E-state index in [9.17, 15) is 30.3 Å². The van der Waals surface area contributed by atoms with Crippen molar-refractivity contribution >= 4 is 5.97 Å². The second-order valence-electron chi connectivity index (χ2n) is 27.8. The van der Waals surface area contributed by atoms with E-state index >= 15 is 0 Å². The first kappa shape index (κ1) is 55.7. The number of aliphatic hydroxyl groups is 5. The minimum absolute atomic E-state index is 0.0207. The molecule has 33 atom stereocenters. The molecule has 16 aliphatic heterocycles. The maximum absolute atomic E-state index is 14.6. The first-order valence-electron chi connectivity index (χ1n) is 31.0. The number of carbonyl (C=O) groups is 1. The predicted octanol–water partition coefficient (Wildman–Crippen LogP) is 3.22. The third kappa shape index (κ3) is 9.28. The Balaban J connectivity index is 0.660. The topological polar surface area (TPSA) is 257 Å². The summed E-state index contributed by atoms with van der Waals surface area (Å²) in [6.07, 6.45) is -5.06. The van der Waals surface area contributed by atoms with Crippen LogP contribution in [0.1, 0.15) is 137 Å². The van der Waals surface area contributed by atoms with Crippen LogP contribution < -0.4 is 0 Å². The number of carbonyl (C=O) groups excluding carboxylic acids is 1. The molecule has 21 heteroatoms. The lowest BCUT2D eigenvalue weighted by molar-refractivity contribution is -0.347. The molecule has 21 nitrogen and oxygen atoms in total. The Morgan fingerprint density at radius 1 is 0.568 bits per heavy atom. The standard InChI is InChI=1S/C60H86O21/c1-25-13-32-7-9-36-26(2)14-34(67-36)11-12-59-56(65)60(66)55(81-59)54-53(80-60)52(79-59)51-37(71-54)10-8-33(69-51)16-46(64)74-50-30(6)49-42(70-41(50)17-38(68-32)29(25)5)19-40-44(73-49)22-58(75-40)23-45-48(78-58)28(4)21-57(77-45)20-27(3)47-43(76-57)18-39(72-47)35(63)15-31(62)24-61/h25,27-28,30-45,47-56,61-63,65-66H,2,5,7-24H2,1,3-4,6H3/t25-,27+,28+,30+,31-,32+,33-,34+,35+,36+,37+,38-,39+,40-,41+,42+,43+,44-,45+,47+,48+,49+,50-,51+,52+,53?,54?,55?,56+,57-,58-,59-,60-/m1/s1. The minimum Gasteiger partial charge on any atom is -0.459 e. The third-order valence-electron chi connectivity index (χ3n) is 22.2. The lowest BCUT2D eigenvalue weighted by atomic mass is 9.79. The van der Waals surface area contributed by atoms with Crippen LogP contribution in [0.4, 0.5) is 0 Å². The molecule has 0 aliphatic carbocycles.